The van der Waals surface area contributed by atoms with Crippen LogP contribution in [0.4, 0.5) is 5.82 Å². The van der Waals surface area contributed by atoms with Gasteiger partial charge in [0.15, 0.2) is 5.82 Å². The highest BCUT2D eigenvalue weighted by atomic mass is 32.2. The Bertz CT molecular complexity index is 686. The van der Waals surface area contributed by atoms with E-state index in [1.54, 1.807) is 18.5 Å². The van der Waals surface area contributed by atoms with Crippen molar-refractivity contribution in [1.29, 1.82) is 5.26 Å². The van der Waals surface area contributed by atoms with Gasteiger partial charge in [0.2, 0.25) is 5.91 Å². The van der Waals surface area contributed by atoms with Crippen LogP contribution in [0.5, 0.6) is 0 Å². The Morgan fingerprint density at radius 2 is 2.05 bits per heavy atom. The number of benzene rings is 1. The third-order valence-electron chi connectivity index (χ3n) is 2.91. The van der Waals surface area contributed by atoms with Crippen molar-refractivity contribution in [2.45, 2.75) is 18.9 Å². The highest BCUT2D eigenvalue weighted by molar-refractivity contribution is 7.98. The fraction of sp³-hybridized carbons (Fsp3) is 0.267. The van der Waals surface area contributed by atoms with Gasteiger partial charge in [0.05, 0.1) is 5.69 Å². The highest BCUT2D eigenvalue weighted by Crippen LogP contribution is 2.29. The van der Waals surface area contributed by atoms with Crippen LogP contribution in [0.2, 0.25) is 0 Å². The monoisotopic (exact) mass is 300 g/mol. The molecule has 0 saturated carbocycles. The predicted molar refractivity (Wildman–Crippen MR) is 83.5 cm³/mol. The van der Waals surface area contributed by atoms with Crippen molar-refractivity contribution < 1.29 is 4.79 Å². The molecule has 0 spiro atoms. The summed E-state index contributed by atoms with van der Waals surface area (Å²) in [5.41, 5.74) is 1.24. The molecule has 1 amide bonds. The van der Waals surface area contributed by atoms with E-state index in [9.17, 15) is 10.1 Å². The number of nitrogens with zero attached hydrogens (tertiary/aromatic N) is 3. The summed E-state index contributed by atoms with van der Waals surface area (Å²) in [5.74, 6) is -0.0163. The van der Waals surface area contributed by atoms with E-state index in [1.807, 2.05) is 36.6 Å². The van der Waals surface area contributed by atoms with E-state index in [2.05, 4.69) is 16.5 Å². The second kappa shape index (κ2) is 6.46. The van der Waals surface area contributed by atoms with Crippen LogP contribution in [0.25, 0.3) is 5.69 Å². The van der Waals surface area contributed by atoms with Gasteiger partial charge in [-0.3, -0.25) is 4.79 Å². The molecule has 0 saturated heterocycles. The largest absolute Gasteiger partial charge is 0.308 e. The number of carbonyl (C=O) groups excluding carboxylic acids is 1. The number of hydrogen-bond donors (Lipinski definition) is 1. The third-order valence-corrected chi connectivity index (χ3v) is 3.68. The van der Waals surface area contributed by atoms with Crippen LogP contribution in [0.1, 0.15) is 19.4 Å². The minimum atomic E-state index is -0.170. The average Bonchev–Trinajstić information content (AvgIpc) is 2.85. The summed E-state index contributed by atoms with van der Waals surface area (Å²) in [7, 11) is 0. The first kappa shape index (κ1) is 15.1. The molecule has 0 radical (unpaired) electrons. The number of anilines is 1. The molecule has 2 rings (SSSR count). The smallest absolute Gasteiger partial charge is 0.228 e. The van der Waals surface area contributed by atoms with Gasteiger partial charge in [0.25, 0.3) is 0 Å². The number of rotatable bonds is 4. The van der Waals surface area contributed by atoms with Crippen molar-refractivity contribution in [2.75, 3.05) is 11.6 Å². The Labute approximate surface area is 128 Å². The van der Waals surface area contributed by atoms with Crippen LogP contribution >= 0.6 is 11.8 Å². The molecule has 0 aliphatic carbocycles. The fourth-order valence-electron chi connectivity index (χ4n) is 1.78. The maximum absolute atomic E-state index is 11.8. The topological polar surface area (TPSA) is 70.7 Å². The van der Waals surface area contributed by atoms with Crippen LogP contribution in [-0.4, -0.2) is 21.9 Å². The molecule has 0 unspecified atom stereocenters. The highest BCUT2D eigenvalue weighted by Gasteiger charge is 2.20. The van der Waals surface area contributed by atoms with Gasteiger partial charge in [-0.1, -0.05) is 32.0 Å². The fourth-order valence-corrected chi connectivity index (χ4v) is 2.45. The van der Waals surface area contributed by atoms with Crippen LogP contribution in [0, 0.1) is 17.2 Å². The second-order valence-corrected chi connectivity index (χ2v) is 5.53. The van der Waals surface area contributed by atoms with Crippen molar-refractivity contribution in [2.24, 2.45) is 5.92 Å². The molecule has 0 atom stereocenters. The van der Waals surface area contributed by atoms with Crippen LogP contribution in [-0.2, 0) is 4.79 Å². The molecule has 1 aromatic carbocycles. The minimum absolute atomic E-state index is 0.156. The molecular formula is C15H16N4OS. The standard InChI is InChI=1S/C15H16N4OS/c1-10(2)14(20)17-13-12(9-16)15(21-3)19(18-13)11-7-5-4-6-8-11/h4-8,10H,1-3H3,(H,17,18,20). The quantitative estimate of drug-likeness (QED) is 0.881. The van der Waals surface area contributed by atoms with Crippen molar-refractivity contribution in [3.8, 4) is 11.8 Å². The van der Waals surface area contributed by atoms with Crippen molar-refractivity contribution >= 4 is 23.5 Å². The molecule has 6 heteroatoms. The van der Waals surface area contributed by atoms with Crippen LogP contribution in [0.3, 0.4) is 0 Å². The SMILES string of the molecule is CSc1c(C#N)c(NC(=O)C(C)C)nn1-c1ccccc1. The summed E-state index contributed by atoms with van der Waals surface area (Å²) in [5, 5.41) is 17.2. The van der Waals surface area contributed by atoms with E-state index >= 15 is 0 Å². The zero-order valence-corrected chi connectivity index (χ0v) is 12.9. The molecule has 2 aromatic rings. The van der Waals surface area contributed by atoms with Crippen molar-refractivity contribution in [3.63, 3.8) is 0 Å². The Balaban J connectivity index is 2.51. The Morgan fingerprint density at radius 3 is 2.57 bits per heavy atom. The Morgan fingerprint density at radius 1 is 1.38 bits per heavy atom. The molecule has 5 nitrogen and oxygen atoms in total. The molecule has 1 heterocycles. The average molecular weight is 300 g/mol. The summed E-state index contributed by atoms with van der Waals surface area (Å²) in [4.78, 5) is 11.8. The summed E-state index contributed by atoms with van der Waals surface area (Å²) in [6.07, 6.45) is 1.88. The van der Waals surface area contributed by atoms with Gasteiger partial charge in [0.1, 0.15) is 16.7 Å². The number of nitrogens with one attached hydrogen (secondary N) is 1. The first-order valence-electron chi connectivity index (χ1n) is 6.51. The predicted octanol–water partition coefficient (Wildman–Crippen LogP) is 3.06. The van der Waals surface area contributed by atoms with E-state index in [0.29, 0.717) is 16.4 Å². The van der Waals surface area contributed by atoms with Crippen LogP contribution in [0.15, 0.2) is 35.4 Å². The lowest BCUT2D eigenvalue weighted by Gasteiger charge is -2.05. The van der Waals surface area contributed by atoms with Gasteiger partial charge >= 0.3 is 0 Å². The van der Waals surface area contributed by atoms with E-state index in [1.165, 1.54) is 11.8 Å². The lowest BCUT2D eigenvalue weighted by atomic mass is 10.2. The number of amides is 1. The third kappa shape index (κ3) is 3.09. The number of nitriles is 1. The van der Waals surface area contributed by atoms with Crippen LogP contribution < -0.4 is 5.32 Å². The maximum Gasteiger partial charge on any atom is 0.228 e. The summed E-state index contributed by atoms with van der Waals surface area (Å²) < 4.78 is 1.68. The maximum atomic E-state index is 11.8. The first-order valence-corrected chi connectivity index (χ1v) is 7.74. The van der Waals surface area contributed by atoms with Gasteiger partial charge in [-0.2, -0.15) is 5.26 Å². The van der Waals surface area contributed by atoms with Gasteiger partial charge in [-0.25, -0.2) is 4.68 Å². The second-order valence-electron chi connectivity index (χ2n) is 4.74. The number of aromatic nitrogens is 2. The zero-order valence-electron chi connectivity index (χ0n) is 12.1. The molecule has 0 bridgehead atoms. The van der Waals surface area contributed by atoms with Gasteiger partial charge in [-0.05, 0) is 18.4 Å². The zero-order chi connectivity index (χ0) is 15.4. The summed E-state index contributed by atoms with van der Waals surface area (Å²) in [6.45, 7) is 3.59. The lowest BCUT2D eigenvalue weighted by Crippen LogP contribution is -2.18. The lowest BCUT2D eigenvalue weighted by molar-refractivity contribution is -0.118. The minimum Gasteiger partial charge on any atom is -0.308 e. The number of thioether (sulfide) groups is 1. The van der Waals surface area contributed by atoms with E-state index < -0.39 is 0 Å². The van der Waals surface area contributed by atoms with Gasteiger partial charge in [-0.15, -0.1) is 16.9 Å². The van der Waals surface area contributed by atoms with Gasteiger partial charge in [0, 0.05) is 5.92 Å². The summed E-state index contributed by atoms with van der Waals surface area (Å²) >= 11 is 1.42. The molecule has 0 aliphatic heterocycles. The molecule has 1 N–H and O–H groups in total. The number of para-hydroxylation sites is 1. The van der Waals surface area contributed by atoms with Crippen molar-refractivity contribution in [3.05, 3.63) is 35.9 Å². The summed E-state index contributed by atoms with van der Waals surface area (Å²) in [6, 6.07) is 11.7. The first-order chi connectivity index (χ1) is 10.1. The molecule has 0 fully saturated rings. The number of hydrogen-bond acceptors (Lipinski definition) is 4. The van der Waals surface area contributed by atoms with E-state index in [4.69, 9.17) is 0 Å². The molecular weight excluding hydrogens is 284 g/mol. The normalized spacial score (nSPS) is 10.4. The molecule has 0 aliphatic rings. The van der Waals surface area contributed by atoms with E-state index in [-0.39, 0.29) is 11.8 Å². The van der Waals surface area contributed by atoms with Crippen molar-refractivity contribution in [1.82, 2.24) is 9.78 Å². The van der Waals surface area contributed by atoms with E-state index in [0.717, 1.165) is 5.69 Å². The van der Waals surface area contributed by atoms with Gasteiger partial charge < -0.3 is 5.32 Å². The number of carbonyl (C=O) groups is 1. The molecule has 108 valence electrons. The Kier molecular flexibility index (Phi) is 4.66. The molecule has 21 heavy (non-hydrogen) atoms. The molecule has 1 aromatic heterocycles. The Hall–Kier alpha value is -2.26.